The van der Waals surface area contributed by atoms with Crippen molar-refractivity contribution in [3.05, 3.63) is 35.4 Å². The van der Waals surface area contributed by atoms with Crippen LogP contribution in [0.5, 0.6) is 0 Å². The zero-order valence-electron chi connectivity index (χ0n) is 10.2. The van der Waals surface area contributed by atoms with E-state index in [2.05, 4.69) is 5.32 Å². The molecule has 0 radical (unpaired) electrons. The van der Waals surface area contributed by atoms with Gasteiger partial charge in [-0.1, -0.05) is 17.7 Å². The second-order valence-corrected chi connectivity index (χ2v) is 4.42. The van der Waals surface area contributed by atoms with Gasteiger partial charge in [0.15, 0.2) is 0 Å². The number of hydrogen-bond donors (Lipinski definition) is 2. The molecular weight excluding hydrogens is 232 g/mol. The van der Waals surface area contributed by atoms with Gasteiger partial charge in [0.05, 0.1) is 0 Å². The summed E-state index contributed by atoms with van der Waals surface area (Å²) in [7, 11) is 0. The summed E-state index contributed by atoms with van der Waals surface area (Å²) in [5.41, 5.74) is 1.61. The molecular formula is C13H16N2O3. The minimum atomic E-state index is -0.970. The summed E-state index contributed by atoms with van der Waals surface area (Å²) in [6.07, 6.45) is 0. The summed E-state index contributed by atoms with van der Waals surface area (Å²) in [4.78, 5) is 24.8. The second-order valence-electron chi connectivity index (χ2n) is 4.42. The van der Waals surface area contributed by atoms with Crippen LogP contribution in [0.25, 0.3) is 0 Å². The molecule has 1 fully saturated rings. The SMILES string of the molecule is Cc1ccc(C(=O)N2CCNCC2C(=O)O)cc1. The van der Waals surface area contributed by atoms with Gasteiger partial charge in [0.1, 0.15) is 6.04 Å². The average Bonchev–Trinajstić information content (AvgIpc) is 2.39. The Kier molecular flexibility index (Phi) is 3.62. The lowest BCUT2D eigenvalue weighted by atomic mass is 10.1. The Bertz CT molecular complexity index is 456. The molecule has 1 atom stereocenters. The minimum absolute atomic E-state index is 0.219. The second kappa shape index (κ2) is 5.18. The van der Waals surface area contributed by atoms with E-state index in [1.165, 1.54) is 4.90 Å². The van der Waals surface area contributed by atoms with E-state index in [4.69, 9.17) is 5.11 Å². The molecule has 1 aromatic carbocycles. The van der Waals surface area contributed by atoms with Gasteiger partial charge in [0.25, 0.3) is 5.91 Å². The molecule has 2 N–H and O–H groups in total. The van der Waals surface area contributed by atoms with Crippen LogP contribution in [0.2, 0.25) is 0 Å². The molecule has 1 heterocycles. The van der Waals surface area contributed by atoms with Crippen molar-refractivity contribution in [2.45, 2.75) is 13.0 Å². The topological polar surface area (TPSA) is 69.6 Å². The van der Waals surface area contributed by atoms with E-state index in [0.717, 1.165) is 5.56 Å². The predicted octanol–water partition coefficient (Wildman–Crippen LogP) is 0.494. The lowest BCUT2D eigenvalue weighted by Gasteiger charge is -2.33. The van der Waals surface area contributed by atoms with Crippen LogP contribution in [0.15, 0.2) is 24.3 Å². The van der Waals surface area contributed by atoms with Crippen molar-refractivity contribution < 1.29 is 14.7 Å². The number of aryl methyl sites for hydroxylation is 1. The number of carbonyl (C=O) groups is 2. The van der Waals surface area contributed by atoms with Crippen molar-refractivity contribution in [1.82, 2.24) is 10.2 Å². The number of aliphatic carboxylic acids is 1. The normalized spacial score (nSPS) is 19.6. The summed E-state index contributed by atoms with van der Waals surface area (Å²) in [5, 5.41) is 12.1. The first-order chi connectivity index (χ1) is 8.59. The fourth-order valence-electron chi connectivity index (χ4n) is 2.03. The summed E-state index contributed by atoms with van der Waals surface area (Å²) in [6, 6.07) is 6.39. The fraction of sp³-hybridized carbons (Fsp3) is 0.385. The highest BCUT2D eigenvalue weighted by atomic mass is 16.4. The average molecular weight is 248 g/mol. The lowest BCUT2D eigenvalue weighted by molar-refractivity contribution is -0.142. The molecule has 0 spiro atoms. The van der Waals surface area contributed by atoms with Gasteiger partial charge >= 0.3 is 5.97 Å². The molecule has 2 rings (SSSR count). The Labute approximate surface area is 105 Å². The van der Waals surface area contributed by atoms with Crippen LogP contribution in [0.4, 0.5) is 0 Å². The molecule has 0 aromatic heterocycles. The minimum Gasteiger partial charge on any atom is -0.480 e. The highest BCUT2D eigenvalue weighted by Gasteiger charge is 2.32. The van der Waals surface area contributed by atoms with Crippen molar-refractivity contribution in [3.63, 3.8) is 0 Å². The molecule has 1 amide bonds. The van der Waals surface area contributed by atoms with Crippen molar-refractivity contribution in [2.75, 3.05) is 19.6 Å². The van der Waals surface area contributed by atoms with E-state index in [1.807, 2.05) is 19.1 Å². The van der Waals surface area contributed by atoms with Crippen molar-refractivity contribution in [3.8, 4) is 0 Å². The number of carbonyl (C=O) groups excluding carboxylic acids is 1. The molecule has 1 aliphatic rings. The summed E-state index contributed by atoms with van der Waals surface area (Å²) in [5.74, 6) is -1.19. The van der Waals surface area contributed by atoms with Gasteiger partial charge < -0.3 is 15.3 Å². The fourth-order valence-corrected chi connectivity index (χ4v) is 2.03. The highest BCUT2D eigenvalue weighted by Crippen LogP contribution is 2.12. The van der Waals surface area contributed by atoms with Crippen LogP contribution < -0.4 is 5.32 Å². The van der Waals surface area contributed by atoms with Gasteiger partial charge in [0, 0.05) is 25.2 Å². The number of hydrogen-bond acceptors (Lipinski definition) is 3. The first kappa shape index (κ1) is 12.6. The maximum Gasteiger partial charge on any atom is 0.327 e. The smallest absolute Gasteiger partial charge is 0.327 e. The van der Waals surface area contributed by atoms with Crippen molar-refractivity contribution >= 4 is 11.9 Å². The molecule has 5 nitrogen and oxygen atoms in total. The van der Waals surface area contributed by atoms with E-state index < -0.39 is 12.0 Å². The molecule has 0 saturated carbocycles. The Morgan fingerprint density at radius 3 is 2.61 bits per heavy atom. The molecule has 1 aromatic rings. The van der Waals surface area contributed by atoms with Crippen molar-refractivity contribution in [1.29, 1.82) is 0 Å². The summed E-state index contributed by atoms with van der Waals surface area (Å²) < 4.78 is 0. The number of benzene rings is 1. The summed E-state index contributed by atoms with van der Waals surface area (Å²) >= 11 is 0. The van der Waals surface area contributed by atoms with Gasteiger partial charge in [-0.05, 0) is 19.1 Å². The van der Waals surface area contributed by atoms with E-state index in [9.17, 15) is 9.59 Å². The third kappa shape index (κ3) is 2.51. The van der Waals surface area contributed by atoms with Crippen LogP contribution in [-0.4, -0.2) is 47.6 Å². The monoisotopic (exact) mass is 248 g/mol. The van der Waals surface area contributed by atoms with Gasteiger partial charge in [-0.15, -0.1) is 0 Å². The lowest BCUT2D eigenvalue weighted by Crippen LogP contribution is -2.56. The van der Waals surface area contributed by atoms with E-state index in [0.29, 0.717) is 25.2 Å². The number of amides is 1. The van der Waals surface area contributed by atoms with E-state index >= 15 is 0 Å². The van der Waals surface area contributed by atoms with Crippen LogP contribution in [0, 0.1) is 6.92 Å². The molecule has 0 bridgehead atoms. The highest BCUT2D eigenvalue weighted by molar-refractivity contribution is 5.96. The van der Waals surface area contributed by atoms with Crippen LogP contribution in [0.3, 0.4) is 0 Å². The zero-order valence-corrected chi connectivity index (χ0v) is 10.2. The van der Waals surface area contributed by atoms with Crippen molar-refractivity contribution in [2.24, 2.45) is 0 Å². The number of piperazine rings is 1. The van der Waals surface area contributed by atoms with Gasteiger partial charge in [-0.25, -0.2) is 4.79 Å². The Balaban J connectivity index is 2.20. The number of carboxylic acids is 1. The van der Waals surface area contributed by atoms with Gasteiger partial charge in [0.2, 0.25) is 0 Å². The third-order valence-corrected chi connectivity index (χ3v) is 3.09. The molecule has 96 valence electrons. The Morgan fingerprint density at radius 2 is 2.00 bits per heavy atom. The third-order valence-electron chi connectivity index (χ3n) is 3.09. The first-order valence-corrected chi connectivity index (χ1v) is 5.91. The van der Waals surface area contributed by atoms with Gasteiger partial charge in [-0.3, -0.25) is 4.79 Å². The maximum absolute atomic E-state index is 12.3. The predicted molar refractivity (Wildman–Crippen MR) is 66.5 cm³/mol. The molecule has 1 saturated heterocycles. The van der Waals surface area contributed by atoms with Gasteiger partial charge in [-0.2, -0.15) is 0 Å². The zero-order chi connectivity index (χ0) is 13.1. The standard InChI is InChI=1S/C13H16N2O3/c1-9-2-4-10(5-3-9)12(16)15-7-6-14-8-11(15)13(17)18/h2-5,11,14H,6-8H2,1H3,(H,17,18). The molecule has 0 aliphatic carbocycles. The number of carboxylic acid groups (broad SMARTS) is 1. The number of nitrogens with zero attached hydrogens (tertiary/aromatic N) is 1. The van der Waals surface area contributed by atoms with Crippen LogP contribution in [-0.2, 0) is 4.79 Å². The van der Waals surface area contributed by atoms with E-state index in [1.54, 1.807) is 12.1 Å². The Hall–Kier alpha value is -1.88. The van der Waals surface area contributed by atoms with E-state index in [-0.39, 0.29) is 5.91 Å². The maximum atomic E-state index is 12.3. The first-order valence-electron chi connectivity index (χ1n) is 5.91. The molecule has 1 aliphatic heterocycles. The summed E-state index contributed by atoms with van der Waals surface area (Å²) in [6.45, 7) is 3.29. The quantitative estimate of drug-likeness (QED) is 0.799. The molecule has 1 unspecified atom stereocenters. The Morgan fingerprint density at radius 1 is 1.33 bits per heavy atom. The van der Waals surface area contributed by atoms with Crippen LogP contribution in [0.1, 0.15) is 15.9 Å². The van der Waals surface area contributed by atoms with Crippen LogP contribution >= 0.6 is 0 Å². The molecule has 18 heavy (non-hydrogen) atoms. The number of nitrogens with one attached hydrogen (secondary N) is 1. The molecule has 5 heteroatoms. The largest absolute Gasteiger partial charge is 0.480 e. The number of rotatable bonds is 2.